The van der Waals surface area contributed by atoms with Crippen LogP contribution in [0.1, 0.15) is 73.2 Å². The molecule has 1 saturated carbocycles. The van der Waals surface area contributed by atoms with E-state index in [0.29, 0.717) is 24.6 Å². The van der Waals surface area contributed by atoms with E-state index in [-0.39, 0.29) is 12.8 Å². The van der Waals surface area contributed by atoms with Gasteiger partial charge in [0.1, 0.15) is 0 Å². The molecule has 1 aliphatic carbocycles. The van der Waals surface area contributed by atoms with Crippen molar-refractivity contribution >= 4 is 33.5 Å². The fourth-order valence-corrected chi connectivity index (χ4v) is 7.27. The highest BCUT2D eigenvalue weighted by Crippen LogP contribution is 2.48. The van der Waals surface area contributed by atoms with Crippen LogP contribution in [0, 0.1) is 0 Å². The zero-order valence-electron chi connectivity index (χ0n) is 21.6. The summed E-state index contributed by atoms with van der Waals surface area (Å²) in [6.07, 6.45) is 8.88. The second-order valence-electron chi connectivity index (χ2n) is 11.4. The fraction of sp³-hybridized carbons (Fsp3) is 0.452. The number of benzene rings is 2. The lowest BCUT2D eigenvalue weighted by atomic mass is 9.81. The molecule has 1 saturated heterocycles. The monoisotopic (exact) mass is 517 g/mol. The number of fused-ring (bicyclic) bond motifs is 4. The van der Waals surface area contributed by atoms with E-state index in [1.807, 2.05) is 12.1 Å². The highest BCUT2D eigenvalue weighted by molar-refractivity contribution is 6.06. The van der Waals surface area contributed by atoms with E-state index in [9.17, 15) is 18.7 Å². The molecular formula is C31H33F2N3O2. The van der Waals surface area contributed by atoms with Crippen molar-refractivity contribution in [3.8, 4) is 11.3 Å². The maximum Gasteiger partial charge on any atom is 0.335 e. The maximum absolute atomic E-state index is 14.0. The molecule has 0 unspecified atom stereocenters. The van der Waals surface area contributed by atoms with Crippen molar-refractivity contribution in [3.05, 3.63) is 53.7 Å². The molecule has 2 aromatic carbocycles. The largest absolute Gasteiger partial charge is 0.478 e. The van der Waals surface area contributed by atoms with Crippen LogP contribution in [0.5, 0.6) is 0 Å². The van der Waals surface area contributed by atoms with Crippen molar-refractivity contribution < 1.29 is 18.7 Å². The van der Waals surface area contributed by atoms with Gasteiger partial charge in [-0.3, -0.25) is 0 Å². The summed E-state index contributed by atoms with van der Waals surface area (Å²) >= 11 is 0. The molecule has 2 aromatic heterocycles. The standard InChI is InChI=1S/C31H33F2N3O2/c32-31(33)12-16-34(17-13-31)26-19-35-14-5-15-36-25-18-21(30(37)38)10-11-22(25)27(20-6-2-1-3-7-20)29(36)24-9-4-8-23(26)28(24)35/h4,8-11,18-20H,1-3,5-7,12-17H2,(H,37,38). The van der Waals surface area contributed by atoms with Crippen molar-refractivity contribution in [2.24, 2.45) is 0 Å². The Bertz CT molecular complexity index is 1550. The number of carboxylic acid groups (broad SMARTS) is 1. The zero-order chi connectivity index (χ0) is 26.0. The van der Waals surface area contributed by atoms with Crippen LogP contribution in [-0.4, -0.2) is 39.2 Å². The minimum atomic E-state index is -2.58. The number of hydrogen-bond acceptors (Lipinski definition) is 2. The molecule has 4 heterocycles. The Hall–Kier alpha value is -3.35. The third kappa shape index (κ3) is 3.73. The number of anilines is 1. The summed E-state index contributed by atoms with van der Waals surface area (Å²) in [6.45, 7) is 2.36. The van der Waals surface area contributed by atoms with Gasteiger partial charge in [0.15, 0.2) is 0 Å². The summed E-state index contributed by atoms with van der Waals surface area (Å²) in [7, 11) is 0. The van der Waals surface area contributed by atoms with Gasteiger partial charge in [0.2, 0.25) is 0 Å². The number of aryl methyl sites for hydroxylation is 2. The van der Waals surface area contributed by atoms with E-state index in [1.54, 1.807) is 6.07 Å². The molecule has 0 radical (unpaired) electrons. The average molecular weight is 518 g/mol. The minimum absolute atomic E-state index is 0.106. The molecule has 5 nitrogen and oxygen atoms in total. The maximum atomic E-state index is 14.0. The van der Waals surface area contributed by atoms with Crippen molar-refractivity contribution in [1.82, 2.24) is 9.13 Å². The van der Waals surface area contributed by atoms with Crippen LogP contribution in [0.15, 0.2) is 42.6 Å². The molecule has 4 aromatic rings. The lowest BCUT2D eigenvalue weighted by Crippen LogP contribution is -2.39. The smallest absolute Gasteiger partial charge is 0.335 e. The minimum Gasteiger partial charge on any atom is -0.478 e. The van der Waals surface area contributed by atoms with Crippen LogP contribution in [0.25, 0.3) is 33.1 Å². The van der Waals surface area contributed by atoms with Crippen LogP contribution < -0.4 is 4.90 Å². The highest BCUT2D eigenvalue weighted by atomic mass is 19.3. The molecule has 3 aliphatic rings. The number of nitrogens with zero attached hydrogens (tertiary/aromatic N) is 3. The number of aromatic carboxylic acids is 1. The Balaban J connectivity index is 1.47. The van der Waals surface area contributed by atoms with Gasteiger partial charge in [-0.2, -0.15) is 0 Å². The number of carbonyl (C=O) groups is 1. The first-order chi connectivity index (χ1) is 18.4. The second-order valence-corrected chi connectivity index (χ2v) is 11.4. The predicted octanol–water partition coefficient (Wildman–Crippen LogP) is 7.65. The van der Waals surface area contributed by atoms with Gasteiger partial charge in [-0.05, 0) is 42.9 Å². The van der Waals surface area contributed by atoms with Gasteiger partial charge in [0, 0.05) is 67.1 Å². The Morgan fingerprint density at radius 2 is 1.71 bits per heavy atom. The highest BCUT2D eigenvalue weighted by Gasteiger charge is 2.35. The normalized spacial score (nSPS) is 19.9. The van der Waals surface area contributed by atoms with Gasteiger partial charge in [-0.1, -0.05) is 43.5 Å². The molecule has 0 spiro atoms. The van der Waals surface area contributed by atoms with E-state index in [0.717, 1.165) is 48.9 Å². The molecule has 7 heteroatoms. The van der Waals surface area contributed by atoms with E-state index < -0.39 is 11.9 Å². The van der Waals surface area contributed by atoms with Gasteiger partial charge in [0.25, 0.3) is 5.92 Å². The molecule has 1 N–H and O–H groups in total. The first-order valence-electron chi connectivity index (χ1n) is 14.1. The number of rotatable bonds is 3. The third-order valence-corrected chi connectivity index (χ3v) is 9.11. The number of alkyl halides is 2. The van der Waals surface area contributed by atoms with Crippen molar-refractivity contribution in [3.63, 3.8) is 0 Å². The van der Waals surface area contributed by atoms with Gasteiger partial charge in [-0.15, -0.1) is 0 Å². The lowest BCUT2D eigenvalue weighted by molar-refractivity contribution is -0.0220. The molecular weight excluding hydrogens is 484 g/mol. The second kappa shape index (κ2) is 8.85. The van der Waals surface area contributed by atoms with Crippen LogP contribution in [0.2, 0.25) is 0 Å². The van der Waals surface area contributed by atoms with E-state index in [2.05, 4.69) is 38.4 Å². The molecule has 198 valence electrons. The Morgan fingerprint density at radius 3 is 2.47 bits per heavy atom. The SMILES string of the molecule is O=C(O)c1ccc2c(C3CCCCC3)c3n(c2c1)CCCn1cc(N2CCC(F)(F)CC2)c2cccc-3c21. The molecule has 0 atom stereocenters. The summed E-state index contributed by atoms with van der Waals surface area (Å²) in [5.74, 6) is -3.03. The molecule has 0 bridgehead atoms. The van der Waals surface area contributed by atoms with E-state index in [4.69, 9.17) is 0 Å². The molecule has 7 rings (SSSR count). The van der Waals surface area contributed by atoms with Crippen LogP contribution >= 0.6 is 0 Å². The van der Waals surface area contributed by atoms with E-state index >= 15 is 0 Å². The molecule has 2 fully saturated rings. The molecule has 0 amide bonds. The average Bonchev–Trinajstić information content (AvgIpc) is 3.43. The van der Waals surface area contributed by atoms with Crippen LogP contribution in [0.4, 0.5) is 14.5 Å². The topological polar surface area (TPSA) is 50.4 Å². The van der Waals surface area contributed by atoms with Gasteiger partial charge in [0.05, 0.1) is 22.5 Å². The Morgan fingerprint density at radius 1 is 0.921 bits per heavy atom. The molecule has 2 aliphatic heterocycles. The number of carboxylic acids is 1. The summed E-state index contributed by atoms with van der Waals surface area (Å²) in [5.41, 5.74) is 7.29. The number of piperidine rings is 1. The number of para-hydroxylation sites is 1. The number of hydrogen-bond donors (Lipinski definition) is 1. The van der Waals surface area contributed by atoms with Gasteiger partial charge in [-0.25, -0.2) is 13.6 Å². The summed E-state index contributed by atoms with van der Waals surface area (Å²) in [5, 5.41) is 12.0. The summed E-state index contributed by atoms with van der Waals surface area (Å²) in [6, 6.07) is 12.1. The third-order valence-electron chi connectivity index (χ3n) is 9.11. The molecule has 38 heavy (non-hydrogen) atoms. The predicted molar refractivity (Wildman–Crippen MR) is 147 cm³/mol. The first-order valence-corrected chi connectivity index (χ1v) is 14.1. The first kappa shape index (κ1) is 23.7. The number of halogens is 2. The van der Waals surface area contributed by atoms with E-state index in [1.165, 1.54) is 47.0 Å². The summed E-state index contributed by atoms with van der Waals surface area (Å²) in [4.78, 5) is 14.0. The summed E-state index contributed by atoms with van der Waals surface area (Å²) < 4.78 is 32.6. The fourth-order valence-electron chi connectivity index (χ4n) is 7.27. The van der Waals surface area contributed by atoms with Gasteiger partial charge >= 0.3 is 5.97 Å². The van der Waals surface area contributed by atoms with Crippen molar-refractivity contribution in [1.29, 1.82) is 0 Å². The van der Waals surface area contributed by atoms with Crippen molar-refractivity contribution in [2.75, 3.05) is 18.0 Å². The Kier molecular flexibility index (Phi) is 5.53. The van der Waals surface area contributed by atoms with Crippen LogP contribution in [0.3, 0.4) is 0 Å². The quantitative estimate of drug-likeness (QED) is 0.304. The number of aromatic nitrogens is 2. The van der Waals surface area contributed by atoms with Gasteiger partial charge < -0.3 is 19.1 Å². The lowest BCUT2D eigenvalue weighted by Gasteiger charge is -2.33. The Labute approximate surface area is 220 Å². The van der Waals surface area contributed by atoms with Crippen molar-refractivity contribution in [2.45, 2.75) is 76.3 Å². The zero-order valence-corrected chi connectivity index (χ0v) is 21.6. The van der Waals surface area contributed by atoms with Crippen LogP contribution in [-0.2, 0) is 13.1 Å².